The third-order valence-electron chi connectivity index (χ3n) is 4.09. The summed E-state index contributed by atoms with van der Waals surface area (Å²) in [4.78, 5) is 12.1. The van der Waals surface area contributed by atoms with Gasteiger partial charge in [-0.3, -0.25) is 0 Å². The minimum atomic E-state index is -1.52. The maximum Gasteiger partial charge on any atom is 0.333 e. The summed E-state index contributed by atoms with van der Waals surface area (Å²) in [5.41, 5.74) is 6.29. The molecule has 2 aromatic rings. The molecule has 0 aliphatic rings. The number of benzene rings is 2. The van der Waals surface area contributed by atoms with E-state index in [1.165, 1.54) is 6.92 Å². The number of nitrogens with one attached hydrogen (secondary N) is 1. The molecule has 0 spiro atoms. The Hall–Kier alpha value is -3.40. The van der Waals surface area contributed by atoms with E-state index in [1.807, 2.05) is 19.9 Å². The summed E-state index contributed by atoms with van der Waals surface area (Å²) in [6.07, 6.45) is 0. The van der Waals surface area contributed by atoms with E-state index >= 15 is 0 Å². The molecule has 1 atom stereocenters. The molecule has 7 nitrogen and oxygen atoms in total. The van der Waals surface area contributed by atoms with E-state index in [4.69, 9.17) is 20.5 Å². The van der Waals surface area contributed by atoms with Gasteiger partial charge in [-0.1, -0.05) is 0 Å². The van der Waals surface area contributed by atoms with Crippen LogP contribution in [-0.4, -0.2) is 24.3 Å². The van der Waals surface area contributed by atoms with Gasteiger partial charge in [0.1, 0.15) is 0 Å². The van der Waals surface area contributed by atoms with Crippen LogP contribution in [0, 0.1) is 11.3 Å². The second-order valence-corrected chi connectivity index (χ2v) is 6.00. The highest BCUT2D eigenvalue weighted by Crippen LogP contribution is 2.39. The van der Waals surface area contributed by atoms with Gasteiger partial charge >= 0.3 is 5.97 Å². The van der Waals surface area contributed by atoms with Gasteiger partial charge in [0.15, 0.2) is 17.0 Å². The first-order valence-electron chi connectivity index (χ1n) is 8.57. The number of nitrogens with two attached hydrogens (primary N) is 1. The van der Waals surface area contributed by atoms with Crippen LogP contribution in [0.4, 0.5) is 11.4 Å². The predicted octanol–water partition coefficient (Wildman–Crippen LogP) is 3.35. The molecule has 2 aromatic carbocycles. The van der Waals surface area contributed by atoms with Crippen molar-refractivity contribution >= 4 is 17.3 Å². The number of nitrogen functional groups attached to an aromatic ring is 1. The molecule has 4 N–H and O–H groups in total. The fourth-order valence-corrected chi connectivity index (χ4v) is 2.70. The quantitative estimate of drug-likeness (QED) is 0.611. The van der Waals surface area contributed by atoms with Gasteiger partial charge in [0, 0.05) is 23.0 Å². The zero-order valence-electron chi connectivity index (χ0n) is 15.6. The van der Waals surface area contributed by atoms with Crippen LogP contribution in [0.1, 0.15) is 31.9 Å². The summed E-state index contributed by atoms with van der Waals surface area (Å²) in [6, 6.07) is 11.7. The van der Waals surface area contributed by atoms with Crippen molar-refractivity contribution in [3.8, 4) is 17.6 Å². The van der Waals surface area contributed by atoms with Gasteiger partial charge < -0.3 is 25.6 Å². The predicted molar refractivity (Wildman–Crippen MR) is 103 cm³/mol. The van der Waals surface area contributed by atoms with Crippen molar-refractivity contribution in [3.63, 3.8) is 0 Å². The Labute approximate surface area is 158 Å². The van der Waals surface area contributed by atoms with Crippen molar-refractivity contribution in [1.29, 1.82) is 5.26 Å². The largest absolute Gasteiger partial charge is 0.490 e. The van der Waals surface area contributed by atoms with E-state index in [0.29, 0.717) is 41.5 Å². The number of rotatable bonds is 8. The molecular weight excluding hydrogens is 346 g/mol. The number of nitriles is 1. The van der Waals surface area contributed by atoms with Crippen molar-refractivity contribution < 1.29 is 19.4 Å². The molecule has 0 saturated carbocycles. The molecule has 1 unspecified atom stereocenters. The van der Waals surface area contributed by atoms with Gasteiger partial charge in [0.25, 0.3) is 0 Å². The van der Waals surface area contributed by atoms with E-state index < -0.39 is 11.5 Å². The second kappa shape index (κ2) is 8.32. The van der Waals surface area contributed by atoms with Crippen LogP contribution in [0.2, 0.25) is 0 Å². The fourth-order valence-electron chi connectivity index (χ4n) is 2.70. The van der Waals surface area contributed by atoms with Crippen LogP contribution in [-0.2, 0) is 10.3 Å². The van der Waals surface area contributed by atoms with Crippen molar-refractivity contribution in [3.05, 3.63) is 47.5 Å². The summed E-state index contributed by atoms with van der Waals surface area (Å²) < 4.78 is 11.1. The standard InChI is InChI=1S/C20H23N3O4/c1-4-26-17-10-15(16(22)11-18(17)27-5-2)20(3,19(24)25)23-14-8-6-13(12-21)7-9-14/h6-11,23H,4-5,22H2,1-3H3,(H,24,25). The molecule has 0 aliphatic carbocycles. The first kappa shape index (κ1) is 19.9. The van der Waals surface area contributed by atoms with Crippen LogP contribution in [0.25, 0.3) is 0 Å². The Kier molecular flexibility index (Phi) is 6.14. The summed E-state index contributed by atoms with van der Waals surface area (Å²) in [5.74, 6) is -0.213. The molecule has 7 heteroatoms. The van der Waals surface area contributed by atoms with Crippen LogP contribution in [0.5, 0.6) is 11.5 Å². The van der Waals surface area contributed by atoms with E-state index in [0.717, 1.165) is 0 Å². The lowest BCUT2D eigenvalue weighted by atomic mass is 9.89. The Morgan fingerprint density at radius 3 is 2.22 bits per heavy atom. The van der Waals surface area contributed by atoms with Crippen LogP contribution in [0.15, 0.2) is 36.4 Å². The molecule has 0 aliphatic heterocycles. The van der Waals surface area contributed by atoms with Gasteiger partial charge in [-0.15, -0.1) is 0 Å². The van der Waals surface area contributed by atoms with Crippen molar-refractivity contribution in [1.82, 2.24) is 0 Å². The molecule has 0 bridgehead atoms. The number of carbonyl (C=O) groups is 1. The number of hydrogen-bond acceptors (Lipinski definition) is 6. The zero-order valence-corrected chi connectivity index (χ0v) is 15.6. The molecule has 2 rings (SSSR count). The topological polar surface area (TPSA) is 118 Å². The van der Waals surface area contributed by atoms with Crippen LogP contribution in [0.3, 0.4) is 0 Å². The lowest BCUT2D eigenvalue weighted by Gasteiger charge is -2.30. The molecule has 0 aromatic heterocycles. The number of carboxylic acids is 1. The number of anilines is 2. The van der Waals surface area contributed by atoms with Crippen molar-refractivity contribution in [2.24, 2.45) is 0 Å². The summed E-state index contributed by atoms with van der Waals surface area (Å²) >= 11 is 0. The van der Waals surface area contributed by atoms with Gasteiger partial charge in [-0.2, -0.15) is 5.26 Å². The molecule has 0 amide bonds. The molecule has 0 saturated heterocycles. The molecule has 142 valence electrons. The van der Waals surface area contributed by atoms with Gasteiger partial charge in [0.2, 0.25) is 0 Å². The number of ether oxygens (including phenoxy) is 2. The van der Waals surface area contributed by atoms with Crippen molar-refractivity contribution in [2.75, 3.05) is 24.3 Å². The average molecular weight is 369 g/mol. The SMILES string of the molecule is CCOc1cc(N)c(C(C)(Nc2ccc(C#N)cc2)C(=O)O)cc1OCC. The highest BCUT2D eigenvalue weighted by Gasteiger charge is 2.38. The molecule has 0 radical (unpaired) electrons. The number of nitrogens with zero attached hydrogens (tertiary/aromatic N) is 1. The third kappa shape index (κ3) is 4.23. The smallest absolute Gasteiger partial charge is 0.333 e. The van der Waals surface area contributed by atoms with E-state index in [2.05, 4.69) is 5.32 Å². The molecular formula is C20H23N3O4. The van der Waals surface area contributed by atoms with E-state index in [-0.39, 0.29) is 5.69 Å². The van der Waals surface area contributed by atoms with Crippen molar-refractivity contribution in [2.45, 2.75) is 26.3 Å². The average Bonchev–Trinajstić information content (AvgIpc) is 2.64. The lowest BCUT2D eigenvalue weighted by molar-refractivity contribution is -0.142. The van der Waals surface area contributed by atoms with Gasteiger partial charge in [-0.25, -0.2) is 4.79 Å². The third-order valence-corrected chi connectivity index (χ3v) is 4.09. The Balaban J connectivity index is 2.52. The first-order valence-corrected chi connectivity index (χ1v) is 8.57. The first-order chi connectivity index (χ1) is 12.8. The normalized spacial score (nSPS) is 12.5. The Morgan fingerprint density at radius 2 is 1.74 bits per heavy atom. The molecule has 27 heavy (non-hydrogen) atoms. The molecule has 0 heterocycles. The highest BCUT2D eigenvalue weighted by molar-refractivity contribution is 5.87. The summed E-state index contributed by atoms with van der Waals surface area (Å²) in [6.45, 7) is 6.02. The van der Waals surface area contributed by atoms with Gasteiger partial charge in [-0.05, 0) is 51.1 Å². The zero-order chi connectivity index (χ0) is 20.0. The minimum Gasteiger partial charge on any atom is -0.490 e. The summed E-state index contributed by atoms with van der Waals surface area (Å²) in [5, 5.41) is 21.8. The monoisotopic (exact) mass is 369 g/mol. The maximum absolute atomic E-state index is 12.1. The summed E-state index contributed by atoms with van der Waals surface area (Å²) in [7, 11) is 0. The highest BCUT2D eigenvalue weighted by atomic mass is 16.5. The number of aliphatic carboxylic acids is 1. The van der Waals surface area contributed by atoms with Gasteiger partial charge in [0.05, 0.1) is 24.8 Å². The van der Waals surface area contributed by atoms with E-state index in [1.54, 1.807) is 36.4 Å². The van der Waals surface area contributed by atoms with Crippen LogP contribution < -0.4 is 20.5 Å². The Morgan fingerprint density at radius 1 is 1.19 bits per heavy atom. The van der Waals surface area contributed by atoms with E-state index in [9.17, 15) is 9.90 Å². The number of hydrogen-bond donors (Lipinski definition) is 3. The maximum atomic E-state index is 12.1. The second-order valence-electron chi connectivity index (χ2n) is 6.00. The Bertz CT molecular complexity index is 859. The van der Waals surface area contributed by atoms with Crippen LogP contribution >= 0.6 is 0 Å². The number of carboxylic acid groups (broad SMARTS) is 1. The molecule has 0 fully saturated rings. The minimum absolute atomic E-state index is 0.271. The fraction of sp³-hybridized carbons (Fsp3) is 0.300. The lowest BCUT2D eigenvalue weighted by Crippen LogP contribution is -2.41.